The number of anilines is 1. The van der Waals surface area contributed by atoms with E-state index in [1.807, 2.05) is 0 Å². The molecular formula is C47H56FN3O12. The number of phenols is 1. The SMILES string of the molecule is CO[C@H]1/C=C/O[C@@]2(C)Oc3c(C)c(O)c4c(c3C2=O)C(=O)C(N2CCN(c3ccccc3F)CC2)=C(NC(=O)/C(C)=C\C=C\[C@H](C)[C@H](O)[C@@H](C)[C@H](O)[C@H](C)[C@H](OC(C)=O)[C@@H]1C)C4=O. The lowest BCUT2D eigenvalue weighted by molar-refractivity contribution is -0.160. The third kappa shape index (κ3) is 8.76. The van der Waals surface area contributed by atoms with E-state index in [-0.39, 0.29) is 54.3 Å². The Kier molecular flexibility index (Phi) is 13.7. The molecule has 0 aromatic heterocycles. The largest absolute Gasteiger partial charge is 0.507 e. The van der Waals surface area contributed by atoms with E-state index in [1.165, 1.54) is 53.0 Å². The molecule has 5 bridgehead atoms. The smallest absolute Gasteiger partial charge is 0.312 e. The molecule has 4 aliphatic heterocycles. The third-order valence-electron chi connectivity index (χ3n) is 12.7. The van der Waals surface area contributed by atoms with E-state index in [1.54, 1.807) is 67.8 Å². The molecule has 16 heteroatoms. The number of amides is 1. The number of ether oxygens (including phenoxy) is 4. The summed E-state index contributed by atoms with van der Waals surface area (Å²) in [6, 6.07) is 6.26. The molecule has 1 amide bonds. The predicted molar refractivity (Wildman–Crippen MR) is 228 cm³/mol. The monoisotopic (exact) mass is 873 g/mol. The number of Topliss-reactive ketones (excluding diaryl/α,β-unsaturated/α-hetero) is 3. The van der Waals surface area contributed by atoms with Crippen LogP contribution in [0.5, 0.6) is 11.5 Å². The van der Waals surface area contributed by atoms with Crippen molar-refractivity contribution in [3.8, 4) is 11.5 Å². The molecule has 1 saturated heterocycles. The summed E-state index contributed by atoms with van der Waals surface area (Å²) in [4.78, 5) is 73.9. The van der Waals surface area contributed by atoms with Gasteiger partial charge in [-0.15, -0.1) is 0 Å². The minimum absolute atomic E-state index is 0.0281. The zero-order valence-electron chi connectivity index (χ0n) is 36.9. The first-order chi connectivity index (χ1) is 29.7. The van der Waals surface area contributed by atoms with E-state index in [2.05, 4.69) is 5.32 Å². The minimum Gasteiger partial charge on any atom is -0.507 e. The fourth-order valence-corrected chi connectivity index (χ4v) is 8.86. The van der Waals surface area contributed by atoms with Crippen molar-refractivity contribution in [3.63, 3.8) is 0 Å². The molecule has 1 fully saturated rings. The number of carbonyl (C=O) groups is 5. The molecule has 0 unspecified atom stereocenters. The Morgan fingerprint density at radius 2 is 1.54 bits per heavy atom. The zero-order valence-corrected chi connectivity index (χ0v) is 36.9. The highest BCUT2D eigenvalue weighted by Crippen LogP contribution is 2.49. The lowest BCUT2D eigenvalue weighted by Crippen LogP contribution is -2.50. The van der Waals surface area contributed by atoms with Crippen LogP contribution in [-0.2, 0) is 23.8 Å². The molecule has 15 nitrogen and oxygen atoms in total. The maximum absolute atomic E-state index is 15.0. The summed E-state index contributed by atoms with van der Waals surface area (Å²) in [7, 11) is 1.42. The van der Waals surface area contributed by atoms with Gasteiger partial charge in [0.2, 0.25) is 11.6 Å². The number of para-hydroxylation sites is 1. The van der Waals surface area contributed by atoms with Crippen molar-refractivity contribution >= 4 is 34.9 Å². The number of fused-ring (bicyclic) bond motifs is 14. The maximum atomic E-state index is 15.0. The number of rotatable bonds is 4. The van der Waals surface area contributed by atoms with E-state index >= 15 is 4.79 Å². The molecule has 5 aliphatic rings. The summed E-state index contributed by atoms with van der Waals surface area (Å²) in [6.45, 7) is 13.0. The Bertz CT molecular complexity index is 2310. The fourth-order valence-electron chi connectivity index (χ4n) is 8.86. The molecule has 2 aromatic carbocycles. The van der Waals surface area contributed by atoms with Crippen LogP contribution in [-0.4, -0.2) is 113 Å². The number of carbonyl (C=O) groups excluding carboxylic acids is 5. The average molecular weight is 874 g/mol. The van der Waals surface area contributed by atoms with E-state index in [0.29, 0.717) is 5.69 Å². The van der Waals surface area contributed by atoms with Crippen LogP contribution in [0, 0.1) is 36.4 Å². The van der Waals surface area contributed by atoms with Gasteiger partial charge in [-0.1, -0.05) is 58.1 Å². The van der Waals surface area contributed by atoms with Gasteiger partial charge in [0, 0.05) is 81.9 Å². The topological polar surface area (TPSA) is 201 Å². The molecule has 338 valence electrons. The highest BCUT2D eigenvalue weighted by Gasteiger charge is 2.53. The number of aromatic hydroxyl groups is 1. The number of ketones is 3. The molecule has 0 saturated carbocycles. The highest BCUT2D eigenvalue weighted by molar-refractivity contribution is 6.32. The molecule has 4 heterocycles. The van der Waals surface area contributed by atoms with Gasteiger partial charge in [-0.3, -0.25) is 24.0 Å². The minimum atomic E-state index is -2.12. The van der Waals surface area contributed by atoms with Gasteiger partial charge in [-0.2, -0.15) is 0 Å². The Morgan fingerprint density at radius 3 is 2.17 bits per heavy atom. The molecule has 4 N–H and O–H groups in total. The van der Waals surface area contributed by atoms with Crippen molar-refractivity contribution in [2.45, 2.75) is 85.6 Å². The molecule has 7 rings (SSSR count). The van der Waals surface area contributed by atoms with Crippen LogP contribution in [0.4, 0.5) is 10.1 Å². The van der Waals surface area contributed by atoms with Crippen LogP contribution in [0.15, 0.2) is 71.8 Å². The summed E-state index contributed by atoms with van der Waals surface area (Å²) in [5, 5.41) is 37.2. The number of nitrogens with one attached hydrogen (secondary N) is 1. The van der Waals surface area contributed by atoms with Crippen LogP contribution < -0.4 is 15.0 Å². The van der Waals surface area contributed by atoms with Crippen LogP contribution in [0.25, 0.3) is 0 Å². The van der Waals surface area contributed by atoms with Gasteiger partial charge in [-0.05, 0) is 32.1 Å². The number of nitrogens with zero attached hydrogens (tertiary/aromatic N) is 2. The number of hydrogen-bond acceptors (Lipinski definition) is 14. The summed E-state index contributed by atoms with van der Waals surface area (Å²) in [5.74, 6) is -9.93. The van der Waals surface area contributed by atoms with Crippen molar-refractivity contribution in [1.29, 1.82) is 0 Å². The van der Waals surface area contributed by atoms with Gasteiger partial charge in [0.25, 0.3) is 11.7 Å². The van der Waals surface area contributed by atoms with Gasteiger partial charge >= 0.3 is 11.8 Å². The molecular weight excluding hydrogens is 818 g/mol. The molecule has 2 aromatic rings. The second kappa shape index (κ2) is 18.5. The lowest BCUT2D eigenvalue weighted by atomic mass is 9.78. The van der Waals surface area contributed by atoms with Crippen molar-refractivity contribution in [2.24, 2.45) is 23.7 Å². The molecule has 0 spiro atoms. The molecule has 1 aliphatic carbocycles. The number of piperazine rings is 1. The van der Waals surface area contributed by atoms with Crippen LogP contribution in [0.3, 0.4) is 0 Å². The van der Waals surface area contributed by atoms with Crippen molar-refractivity contribution in [1.82, 2.24) is 10.2 Å². The number of aliphatic hydroxyl groups excluding tert-OH is 2. The Balaban J connectivity index is 1.47. The van der Waals surface area contributed by atoms with Crippen LogP contribution >= 0.6 is 0 Å². The number of esters is 1. The summed E-state index contributed by atoms with van der Waals surface area (Å²) in [6.07, 6.45) is 3.27. The van der Waals surface area contributed by atoms with Crippen LogP contribution in [0.2, 0.25) is 0 Å². The normalized spacial score (nSPS) is 31.5. The fraction of sp³-hybridized carbons (Fsp3) is 0.468. The first-order valence-corrected chi connectivity index (χ1v) is 21.0. The van der Waals surface area contributed by atoms with E-state index in [9.17, 15) is 38.9 Å². The van der Waals surface area contributed by atoms with Gasteiger partial charge in [0.1, 0.15) is 34.8 Å². The first kappa shape index (κ1) is 46.7. The lowest BCUT2D eigenvalue weighted by Gasteiger charge is -2.39. The number of aliphatic hydroxyl groups is 2. The molecule has 63 heavy (non-hydrogen) atoms. The Labute approximate surface area is 365 Å². The van der Waals surface area contributed by atoms with E-state index in [0.717, 1.165) is 6.26 Å². The predicted octanol–water partition coefficient (Wildman–Crippen LogP) is 4.92. The summed E-state index contributed by atoms with van der Waals surface area (Å²) >= 11 is 0. The maximum Gasteiger partial charge on any atom is 0.312 e. The zero-order chi connectivity index (χ0) is 46.2. The number of benzene rings is 2. The highest BCUT2D eigenvalue weighted by atomic mass is 19.1. The molecule has 0 radical (unpaired) electrons. The van der Waals surface area contributed by atoms with Gasteiger partial charge < -0.3 is 49.4 Å². The van der Waals surface area contributed by atoms with E-state index < -0.39 is 111 Å². The van der Waals surface area contributed by atoms with Crippen molar-refractivity contribution < 1.29 is 62.6 Å². The number of phenolic OH excluding ortho intramolecular Hbond substituents is 1. The number of hydrogen-bond donors (Lipinski definition) is 4. The Morgan fingerprint density at radius 1 is 0.889 bits per heavy atom. The second-order valence-electron chi connectivity index (χ2n) is 16.9. The van der Waals surface area contributed by atoms with Crippen molar-refractivity contribution in [3.05, 3.63) is 99.9 Å². The standard InChI is InChI=1S/C47H56FN3O12/c1-23-13-12-14-24(2)46(59)49-36-37(51-20-18-50(19-21-51)31-16-11-10-15-30(31)48)42(57)33-34(41(36)56)40(55)28(6)44-35(33)45(58)47(8,63-44)61-22-17-32(60-9)25(3)43(62-29(7)52)27(5)39(54)26(4)38(23)53/h10-17,22-23,25-27,32,38-39,43,53-55H,18-21H2,1-9H3,(H,49,59)/b13-12+,22-17+,24-14-/t23-,25+,26+,27-,32-,38-,39-,43+,47-/m0/s1. The average Bonchev–Trinajstić information content (AvgIpc) is 3.52. The summed E-state index contributed by atoms with van der Waals surface area (Å²) in [5.41, 5.74) is -1.42. The van der Waals surface area contributed by atoms with E-state index in [4.69, 9.17) is 18.9 Å². The van der Waals surface area contributed by atoms with Crippen LogP contribution in [0.1, 0.15) is 85.1 Å². The quantitative estimate of drug-likeness (QED) is 0.302. The van der Waals surface area contributed by atoms with Gasteiger partial charge in [-0.25, -0.2) is 4.39 Å². The number of allylic oxidation sites excluding steroid dienone is 4. The van der Waals surface area contributed by atoms with Gasteiger partial charge in [0.15, 0.2) is 0 Å². The van der Waals surface area contributed by atoms with Crippen molar-refractivity contribution in [2.75, 3.05) is 38.2 Å². The Hall–Kier alpha value is -5.84. The second-order valence-corrected chi connectivity index (χ2v) is 16.9. The third-order valence-corrected chi connectivity index (χ3v) is 12.7. The first-order valence-electron chi connectivity index (χ1n) is 21.0. The molecule has 9 atom stereocenters. The number of methoxy groups -OCH3 is 1. The number of halogens is 1. The van der Waals surface area contributed by atoms with Gasteiger partial charge in [0.05, 0.1) is 47.0 Å². The summed E-state index contributed by atoms with van der Waals surface area (Å²) < 4.78 is 38.4.